The van der Waals surface area contributed by atoms with Crippen LogP contribution in [0.25, 0.3) is 11.0 Å². The van der Waals surface area contributed by atoms with Crippen molar-refractivity contribution in [3.8, 4) is 0 Å². The molecular formula is C18H24N6O3. The lowest BCUT2D eigenvalue weighted by atomic mass is 9.92. The first-order chi connectivity index (χ1) is 13.1. The molecule has 0 bridgehead atoms. The summed E-state index contributed by atoms with van der Waals surface area (Å²) in [7, 11) is 0. The molecule has 27 heavy (non-hydrogen) atoms. The van der Waals surface area contributed by atoms with Crippen molar-refractivity contribution in [1.82, 2.24) is 25.7 Å². The first kappa shape index (κ1) is 19.0. The van der Waals surface area contributed by atoms with E-state index >= 15 is 0 Å². The van der Waals surface area contributed by atoms with Gasteiger partial charge >= 0.3 is 0 Å². The molecule has 144 valence electrons. The molecule has 1 fully saturated rings. The largest absolute Gasteiger partial charge is 0.286 e. The third-order valence-electron chi connectivity index (χ3n) is 4.98. The number of carbonyl (C=O) groups excluding carboxylic acids is 2. The predicted octanol–water partition coefficient (Wildman–Crippen LogP) is 1.82. The third kappa shape index (κ3) is 4.88. The molecule has 2 amide bonds. The van der Waals surface area contributed by atoms with E-state index in [2.05, 4.69) is 26.0 Å². The zero-order valence-electron chi connectivity index (χ0n) is 15.3. The molecule has 3 rings (SSSR count). The number of nitrogens with zero attached hydrogens (tertiary/aromatic N) is 4. The van der Waals surface area contributed by atoms with Crippen LogP contribution in [0.4, 0.5) is 5.95 Å². The quantitative estimate of drug-likeness (QED) is 0.367. The maximum atomic E-state index is 12.6. The van der Waals surface area contributed by atoms with Gasteiger partial charge in [0, 0.05) is 0 Å². The first-order valence-electron chi connectivity index (χ1n) is 9.13. The number of amides is 2. The fourth-order valence-corrected chi connectivity index (χ4v) is 3.55. The van der Waals surface area contributed by atoms with Gasteiger partial charge in [-0.1, -0.05) is 37.8 Å². The number of hydrogen-bond acceptors (Lipinski definition) is 7. The highest BCUT2D eigenvalue weighted by Crippen LogP contribution is 2.30. The lowest BCUT2D eigenvalue weighted by molar-refractivity contribution is -0.154. The molecule has 1 aromatic carbocycles. The molecule has 1 heterocycles. The number of hydrogen-bond donors (Lipinski definition) is 3. The van der Waals surface area contributed by atoms with Gasteiger partial charge < -0.3 is 0 Å². The minimum absolute atomic E-state index is 0.0521. The first-order valence-corrected chi connectivity index (χ1v) is 9.13. The number of hydrazine groups is 1. The summed E-state index contributed by atoms with van der Waals surface area (Å²) in [4.78, 5) is 27.7. The summed E-state index contributed by atoms with van der Waals surface area (Å²) in [5.41, 5.74) is 7.60. The van der Waals surface area contributed by atoms with Crippen molar-refractivity contribution in [3.05, 3.63) is 23.8 Å². The molecule has 0 unspecified atom stereocenters. The van der Waals surface area contributed by atoms with Crippen LogP contribution in [0.1, 0.15) is 37.7 Å². The number of rotatable bonds is 8. The molecule has 1 aliphatic carbocycles. The summed E-state index contributed by atoms with van der Waals surface area (Å²) in [6.45, 7) is 1.87. The van der Waals surface area contributed by atoms with Gasteiger partial charge in [0.15, 0.2) is 0 Å². The van der Waals surface area contributed by atoms with Gasteiger partial charge in [0.25, 0.3) is 5.95 Å². The smallest absolute Gasteiger partial charge is 0.262 e. The van der Waals surface area contributed by atoms with Crippen LogP contribution in [0.15, 0.2) is 18.2 Å². The maximum Gasteiger partial charge on any atom is 0.262 e. The van der Waals surface area contributed by atoms with E-state index in [0.717, 1.165) is 31.2 Å². The van der Waals surface area contributed by atoms with Crippen LogP contribution in [0.3, 0.4) is 0 Å². The highest BCUT2D eigenvalue weighted by molar-refractivity contribution is 5.81. The molecule has 3 N–H and O–H groups in total. The van der Waals surface area contributed by atoms with Crippen molar-refractivity contribution in [2.75, 3.05) is 12.0 Å². The fraction of sp³-hybridized carbons (Fsp3) is 0.500. The monoisotopic (exact) mass is 372 g/mol. The van der Waals surface area contributed by atoms with E-state index in [4.69, 9.17) is 0 Å². The SMILES string of the molecule is Cc1cccc2nnc(NNC(=O)[C@@H](CC3CCCC3)CN(O)C=O)nc12. The van der Waals surface area contributed by atoms with Crippen LogP contribution in [0, 0.1) is 18.8 Å². The van der Waals surface area contributed by atoms with E-state index in [1.165, 1.54) is 0 Å². The van der Waals surface area contributed by atoms with Crippen LogP contribution in [-0.4, -0.2) is 44.3 Å². The van der Waals surface area contributed by atoms with Gasteiger partial charge in [0.1, 0.15) is 5.52 Å². The van der Waals surface area contributed by atoms with Gasteiger partial charge in [-0.05, 0) is 30.9 Å². The summed E-state index contributed by atoms with van der Waals surface area (Å²) in [5.74, 6) is -0.231. The molecule has 0 spiro atoms. The second kappa shape index (κ2) is 8.72. The van der Waals surface area contributed by atoms with E-state index < -0.39 is 5.92 Å². The number of anilines is 1. The second-order valence-electron chi connectivity index (χ2n) is 7.00. The van der Waals surface area contributed by atoms with Crippen LogP contribution in [-0.2, 0) is 9.59 Å². The molecule has 1 aromatic heterocycles. The van der Waals surface area contributed by atoms with Crippen molar-refractivity contribution in [2.45, 2.75) is 39.0 Å². The van der Waals surface area contributed by atoms with Crippen molar-refractivity contribution >= 4 is 29.3 Å². The van der Waals surface area contributed by atoms with Crippen molar-refractivity contribution in [1.29, 1.82) is 0 Å². The Kier molecular flexibility index (Phi) is 6.12. The number of fused-ring (bicyclic) bond motifs is 1. The molecular weight excluding hydrogens is 348 g/mol. The molecule has 9 nitrogen and oxygen atoms in total. The minimum atomic E-state index is -0.522. The molecule has 0 aliphatic heterocycles. The van der Waals surface area contributed by atoms with E-state index in [1.54, 1.807) is 0 Å². The number of aromatic nitrogens is 3. The number of aryl methyl sites for hydroxylation is 1. The van der Waals surface area contributed by atoms with Gasteiger partial charge in [-0.3, -0.25) is 25.6 Å². The Balaban J connectivity index is 1.65. The summed E-state index contributed by atoms with van der Waals surface area (Å²) >= 11 is 0. The molecule has 2 aromatic rings. The van der Waals surface area contributed by atoms with E-state index in [0.29, 0.717) is 34.8 Å². The predicted molar refractivity (Wildman–Crippen MR) is 98.5 cm³/mol. The Labute approximate surface area is 157 Å². The zero-order chi connectivity index (χ0) is 19.2. The van der Waals surface area contributed by atoms with Gasteiger partial charge in [0.05, 0.1) is 18.0 Å². The number of hydroxylamine groups is 2. The van der Waals surface area contributed by atoms with E-state index in [9.17, 15) is 14.8 Å². The second-order valence-corrected chi connectivity index (χ2v) is 7.00. The fourth-order valence-electron chi connectivity index (χ4n) is 3.55. The van der Waals surface area contributed by atoms with Crippen molar-refractivity contribution < 1.29 is 14.8 Å². The number of nitrogens with one attached hydrogen (secondary N) is 2. The lowest BCUT2D eigenvalue weighted by Gasteiger charge is -2.22. The molecule has 1 saturated carbocycles. The number of carbonyl (C=O) groups is 2. The Bertz CT molecular complexity index is 809. The Hall–Kier alpha value is -2.81. The summed E-state index contributed by atoms with van der Waals surface area (Å²) < 4.78 is 0. The van der Waals surface area contributed by atoms with Crippen molar-refractivity contribution in [2.24, 2.45) is 11.8 Å². The molecule has 0 saturated heterocycles. The number of para-hydroxylation sites is 1. The van der Waals surface area contributed by atoms with Gasteiger partial charge in [-0.25, -0.2) is 10.0 Å². The van der Waals surface area contributed by atoms with Crippen LogP contribution in [0.2, 0.25) is 0 Å². The molecule has 9 heteroatoms. The van der Waals surface area contributed by atoms with Gasteiger partial charge in [-0.15, -0.1) is 10.2 Å². The third-order valence-corrected chi connectivity index (χ3v) is 4.98. The summed E-state index contributed by atoms with van der Waals surface area (Å²) in [6, 6.07) is 5.62. The van der Waals surface area contributed by atoms with Gasteiger partial charge in [-0.2, -0.15) is 0 Å². The van der Waals surface area contributed by atoms with Gasteiger partial charge in [0.2, 0.25) is 12.3 Å². The number of benzene rings is 1. The highest BCUT2D eigenvalue weighted by atomic mass is 16.5. The van der Waals surface area contributed by atoms with Crippen LogP contribution >= 0.6 is 0 Å². The minimum Gasteiger partial charge on any atom is -0.286 e. The van der Waals surface area contributed by atoms with Crippen molar-refractivity contribution in [3.63, 3.8) is 0 Å². The Morgan fingerprint density at radius 2 is 2.15 bits per heavy atom. The average Bonchev–Trinajstić information content (AvgIpc) is 3.19. The highest BCUT2D eigenvalue weighted by Gasteiger charge is 2.27. The molecule has 1 atom stereocenters. The summed E-state index contributed by atoms with van der Waals surface area (Å²) in [5, 5.41) is 18.1. The normalized spacial score (nSPS) is 15.5. The summed E-state index contributed by atoms with van der Waals surface area (Å²) in [6.07, 6.45) is 5.38. The topological polar surface area (TPSA) is 120 Å². The maximum absolute atomic E-state index is 12.6. The van der Waals surface area contributed by atoms with E-state index in [-0.39, 0.29) is 18.4 Å². The Morgan fingerprint density at radius 3 is 2.89 bits per heavy atom. The Morgan fingerprint density at radius 1 is 1.37 bits per heavy atom. The van der Waals surface area contributed by atoms with Crippen LogP contribution < -0.4 is 10.9 Å². The van der Waals surface area contributed by atoms with E-state index in [1.807, 2.05) is 25.1 Å². The molecule has 1 aliphatic rings. The average molecular weight is 372 g/mol. The van der Waals surface area contributed by atoms with Crippen LogP contribution in [0.5, 0.6) is 0 Å². The lowest BCUT2D eigenvalue weighted by Crippen LogP contribution is -2.41. The standard InChI is InChI=1S/C18H24N6O3/c1-12-5-4-8-15-16(12)19-18(22-20-15)23-21-17(26)14(10-24(27)11-25)9-13-6-2-3-7-13/h4-5,8,11,13-14,27H,2-3,6-7,9-10H2,1H3,(H,21,26)(H,19,22,23)/t14-/m0/s1. The zero-order valence-corrected chi connectivity index (χ0v) is 15.3. The molecule has 0 radical (unpaired) electrons.